The van der Waals surface area contributed by atoms with Crippen LogP contribution < -0.4 is 4.90 Å². The molecular weight excluding hydrogens is 847 g/mol. The minimum atomic E-state index is 0.892. The number of para-hydroxylation sites is 2. The van der Waals surface area contributed by atoms with Gasteiger partial charge in [-0.2, -0.15) is 0 Å². The fraction of sp³-hybridized carbons (Fsp3) is 0. The SMILES string of the molecule is c1ccc(-c2ccc(-c3ccc(N(c4cccc(-c5ccc6c(c5)c(-c5ccccc5)c(-c5ccccc5)c5ccccc56)c4)c4cccc(-c5cccc6c5oc5ccccc56)c4)cc3)cc2)cc1. The lowest BCUT2D eigenvalue weighted by atomic mass is 9.84. The number of nitrogens with zero attached hydrogens (tertiary/aromatic N) is 1. The Kier molecular flexibility index (Phi) is 10.2. The zero-order chi connectivity index (χ0) is 46.4. The van der Waals surface area contributed by atoms with Crippen LogP contribution >= 0.6 is 0 Å². The van der Waals surface area contributed by atoms with E-state index in [1.807, 2.05) is 12.1 Å². The molecule has 328 valence electrons. The Labute approximate surface area is 407 Å². The molecule has 1 aromatic heterocycles. The third-order valence-electron chi connectivity index (χ3n) is 13.9. The van der Waals surface area contributed by atoms with E-state index in [0.717, 1.165) is 66.8 Å². The molecule has 13 rings (SSSR count). The maximum atomic E-state index is 6.57. The maximum Gasteiger partial charge on any atom is 0.143 e. The molecule has 0 aliphatic carbocycles. The highest BCUT2D eigenvalue weighted by Crippen LogP contribution is 2.47. The molecule has 0 radical (unpaired) electrons. The van der Waals surface area contributed by atoms with E-state index in [2.05, 4.69) is 266 Å². The first-order valence-corrected chi connectivity index (χ1v) is 24.0. The largest absolute Gasteiger partial charge is 0.455 e. The second-order valence-corrected chi connectivity index (χ2v) is 18.0. The lowest BCUT2D eigenvalue weighted by molar-refractivity contribution is 0.670. The van der Waals surface area contributed by atoms with Gasteiger partial charge in [-0.3, -0.25) is 0 Å². The van der Waals surface area contributed by atoms with E-state index in [-0.39, 0.29) is 0 Å². The lowest BCUT2D eigenvalue weighted by Crippen LogP contribution is -2.10. The smallest absolute Gasteiger partial charge is 0.143 e. The molecule has 2 nitrogen and oxygen atoms in total. The highest BCUT2D eigenvalue weighted by molar-refractivity contribution is 6.22. The van der Waals surface area contributed by atoms with E-state index >= 15 is 0 Å². The van der Waals surface area contributed by atoms with Gasteiger partial charge in [-0.25, -0.2) is 0 Å². The number of furan rings is 1. The molecule has 0 unspecified atom stereocenters. The number of hydrogen-bond donors (Lipinski definition) is 0. The van der Waals surface area contributed by atoms with E-state index in [1.165, 1.54) is 60.5 Å². The van der Waals surface area contributed by atoms with Gasteiger partial charge in [0, 0.05) is 33.4 Å². The molecule has 0 atom stereocenters. The average Bonchev–Trinajstić information content (AvgIpc) is 3.83. The molecule has 0 N–H and O–H groups in total. The molecule has 12 aromatic carbocycles. The van der Waals surface area contributed by atoms with Crippen LogP contribution in [0, 0.1) is 0 Å². The van der Waals surface area contributed by atoms with Crippen LogP contribution in [0.1, 0.15) is 0 Å². The lowest BCUT2D eigenvalue weighted by Gasteiger charge is -2.27. The van der Waals surface area contributed by atoms with Crippen LogP contribution in [0.5, 0.6) is 0 Å². The van der Waals surface area contributed by atoms with Gasteiger partial charge in [0.05, 0.1) is 0 Å². The monoisotopic (exact) mass is 891 g/mol. The van der Waals surface area contributed by atoms with Gasteiger partial charge < -0.3 is 9.32 Å². The van der Waals surface area contributed by atoms with Gasteiger partial charge in [0.2, 0.25) is 0 Å². The summed E-state index contributed by atoms with van der Waals surface area (Å²) < 4.78 is 6.57. The number of benzene rings is 12. The van der Waals surface area contributed by atoms with Gasteiger partial charge in [0.1, 0.15) is 11.2 Å². The quantitative estimate of drug-likeness (QED) is 0.134. The second kappa shape index (κ2) is 17.4. The van der Waals surface area contributed by atoms with Gasteiger partial charge in [0.15, 0.2) is 0 Å². The first-order chi connectivity index (χ1) is 34.7. The average molecular weight is 892 g/mol. The summed E-state index contributed by atoms with van der Waals surface area (Å²) in [4.78, 5) is 2.38. The van der Waals surface area contributed by atoms with Crippen LogP contribution in [-0.2, 0) is 0 Å². The molecule has 2 heteroatoms. The fourth-order valence-electron chi connectivity index (χ4n) is 10.5. The summed E-state index contributed by atoms with van der Waals surface area (Å²) in [5.74, 6) is 0. The highest BCUT2D eigenvalue weighted by Gasteiger charge is 2.20. The molecule has 0 fully saturated rings. The zero-order valence-corrected chi connectivity index (χ0v) is 38.3. The van der Waals surface area contributed by atoms with Crippen molar-refractivity contribution in [2.24, 2.45) is 0 Å². The van der Waals surface area contributed by atoms with Crippen molar-refractivity contribution in [2.45, 2.75) is 0 Å². The Hall–Kier alpha value is -9.24. The predicted octanol–water partition coefficient (Wildman–Crippen LogP) is 19.4. The molecule has 70 heavy (non-hydrogen) atoms. The van der Waals surface area contributed by atoms with Gasteiger partial charge in [-0.05, 0) is 131 Å². The Morgan fingerprint density at radius 1 is 0.229 bits per heavy atom. The molecular formula is C68H45NO. The van der Waals surface area contributed by atoms with Crippen LogP contribution in [0.3, 0.4) is 0 Å². The van der Waals surface area contributed by atoms with E-state index in [9.17, 15) is 0 Å². The van der Waals surface area contributed by atoms with Gasteiger partial charge in [-0.15, -0.1) is 0 Å². The fourth-order valence-corrected chi connectivity index (χ4v) is 10.5. The number of hydrogen-bond acceptors (Lipinski definition) is 2. The minimum Gasteiger partial charge on any atom is -0.455 e. The third-order valence-corrected chi connectivity index (χ3v) is 13.9. The summed E-state index contributed by atoms with van der Waals surface area (Å²) in [7, 11) is 0. The Balaban J connectivity index is 0.960. The van der Waals surface area contributed by atoms with Gasteiger partial charge in [-0.1, -0.05) is 224 Å². The first-order valence-electron chi connectivity index (χ1n) is 24.0. The van der Waals surface area contributed by atoms with Crippen molar-refractivity contribution in [2.75, 3.05) is 4.90 Å². The summed E-state index contributed by atoms with van der Waals surface area (Å²) in [5.41, 5.74) is 19.0. The second-order valence-electron chi connectivity index (χ2n) is 18.0. The summed E-state index contributed by atoms with van der Waals surface area (Å²) in [5, 5.41) is 7.20. The van der Waals surface area contributed by atoms with Crippen molar-refractivity contribution < 1.29 is 4.42 Å². The molecule has 0 aliphatic rings. The first kappa shape index (κ1) is 41.0. The Bertz CT molecular complexity index is 4020. The number of anilines is 3. The molecule has 0 saturated heterocycles. The van der Waals surface area contributed by atoms with Gasteiger partial charge >= 0.3 is 0 Å². The zero-order valence-electron chi connectivity index (χ0n) is 38.3. The molecule has 0 saturated carbocycles. The predicted molar refractivity (Wildman–Crippen MR) is 296 cm³/mol. The van der Waals surface area contributed by atoms with Crippen molar-refractivity contribution in [3.8, 4) is 66.8 Å². The summed E-state index contributed by atoms with van der Waals surface area (Å²) >= 11 is 0. The molecule has 0 amide bonds. The van der Waals surface area contributed by atoms with Crippen LogP contribution in [0.2, 0.25) is 0 Å². The molecule has 1 heterocycles. The van der Waals surface area contributed by atoms with Crippen molar-refractivity contribution in [3.63, 3.8) is 0 Å². The minimum absolute atomic E-state index is 0.892. The summed E-state index contributed by atoms with van der Waals surface area (Å²) in [6.07, 6.45) is 0. The van der Waals surface area contributed by atoms with E-state index < -0.39 is 0 Å². The number of fused-ring (bicyclic) bond motifs is 6. The number of rotatable bonds is 9. The van der Waals surface area contributed by atoms with E-state index in [1.54, 1.807) is 0 Å². The summed E-state index contributed by atoms with van der Waals surface area (Å²) in [6, 6.07) is 98.6. The Morgan fingerprint density at radius 2 is 0.657 bits per heavy atom. The van der Waals surface area contributed by atoms with Crippen LogP contribution in [0.15, 0.2) is 277 Å². The standard InChI is InChI=1S/C68H45NO/c1-4-17-46(18-5-1)47-33-35-48(36-34-47)49-37-40-55(41-38-49)69(57-26-15-24-54(44-57)58-30-16-31-63-61-28-12-13-32-65(61)70-68(58)63)56-25-14-23-52(43-56)53-39-42-60-59-27-10-11-29-62(59)66(50-19-6-2-7-20-50)67(64(60)45-53)51-21-8-3-9-22-51/h1-45H. The van der Waals surface area contributed by atoms with E-state index in [4.69, 9.17) is 4.42 Å². The summed E-state index contributed by atoms with van der Waals surface area (Å²) in [6.45, 7) is 0. The molecule has 13 aromatic rings. The topological polar surface area (TPSA) is 16.4 Å². The van der Waals surface area contributed by atoms with Crippen LogP contribution in [-0.4, -0.2) is 0 Å². The highest BCUT2D eigenvalue weighted by atomic mass is 16.3. The van der Waals surface area contributed by atoms with Crippen LogP contribution in [0.4, 0.5) is 17.1 Å². The van der Waals surface area contributed by atoms with Crippen molar-refractivity contribution in [3.05, 3.63) is 273 Å². The van der Waals surface area contributed by atoms with Crippen molar-refractivity contribution >= 4 is 60.5 Å². The normalized spacial score (nSPS) is 11.4. The molecule has 0 bridgehead atoms. The van der Waals surface area contributed by atoms with E-state index in [0.29, 0.717) is 0 Å². The van der Waals surface area contributed by atoms with Crippen LogP contribution in [0.25, 0.3) is 110 Å². The maximum absolute atomic E-state index is 6.57. The molecule has 0 spiro atoms. The molecule has 0 aliphatic heterocycles. The third kappa shape index (κ3) is 7.31. The Morgan fingerprint density at radius 3 is 1.31 bits per heavy atom. The van der Waals surface area contributed by atoms with Crippen molar-refractivity contribution in [1.29, 1.82) is 0 Å². The van der Waals surface area contributed by atoms with Crippen molar-refractivity contribution in [1.82, 2.24) is 0 Å². The van der Waals surface area contributed by atoms with Gasteiger partial charge in [0.25, 0.3) is 0 Å².